The monoisotopic (exact) mass is 567 g/mol. The standard InChI is InChI=1S/C27H30ClN7O3S/c1-17-10-11-18(30-25(16-29-2)35(3)4)14-24(17)39(36,37)34-27-26(31-21-8-6-7-9-22(21)32-27)33-23-15-19(38-5)12-13-20(23)28/h6-16,29-30H,1-5H3,(H,31,33)(H,32,34). The molecule has 1 heterocycles. The fourth-order valence-corrected chi connectivity index (χ4v) is 5.17. The molecule has 0 fully saturated rings. The van der Waals surface area contributed by atoms with Crippen molar-refractivity contribution in [1.82, 2.24) is 20.2 Å². The molecule has 0 saturated heterocycles. The second-order valence-corrected chi connectivity index (χ2v) is 10.9. The van der Waals surface area contributed by atoms with Gasteiger partial charge in [-0.05, 0) is 48.9 Å². The first-order chi connectivity index (χ1) is 18.6. The number of ether oxygens (including phenoxy) is 1. The van der Waals surface area contributed by atoms with Gasteiger partial charge in [0, 0.05) is 39.1 Å². The van der Waals surface area contributed by atoms with Gasteiger partial charge in [-0.3, -0.25) is 4.72 Å². The highest BCUT2D eigenvalue weighted by molar-refractivity contribution is 7.92. The molecule has 0 aliphatic rings. The summed E-state index contributed by atoms with van der Waals surface area (Å²) in [6.07, 6.45) is 1.78. The van der Waals surface area contributed by atoms with Crippen LogP contribution in [0.15, 0.2) is 77.6 Å². The largest absolute Gasteiger partial charge is 0.497 e. The van der Waals surface area contributed by atoms with Crippen molar-refractivity contribution in [3.05, 3.63) is 83.3 Å². The smallest absolute Gasteiger partial charge is 0.263 e. The Kier molecular flexibility index (Phi) is 8.32. The maximum absolute atomic E-state index is 13.7. The molecule has 204 valence electrons. The molecule has 10 nitrogen and oxygen atoms in total. The fraction of sp³-hybridized carbons (Fsp3) is 0.185. The van der Waals surface area contributed by atoms with E-state index in [-0.39, 0.29) is 16.5 Å². The number of nitrogens with zero attached hydrogens (tertiary/aromatic N) is 3. The lowest BCUT2D eigenvalue weighted by atomic mass is 10.2. The van der Waals surface area contributed by atoms with Crippen molar-refractivity contribution in [2.75, 3.05) is 43.6 Å². The summed E-state index contributed by atoms with van der Waals surface area (Å²) in [5, 5.41) is 9.73. The molecule has 3 aromatic carbocycles. The first kappa shape index (κ1) is 27.8. The molecule has 0 bridgehead atoms. The maximum atomic E-state index is 13.7. The number of hydrogen-bond acceptors (Lipinski definition) is 9. The summed E-state index contributed by atoms with van der Waals surface area (Å²) in [5.74, 6) is 1.53. The number of nitrogens with one attached hydrogen (secondary N) is 4. The first-order valence-electron chi connectivity index (χ1n) is 11.9. The number of halogens is 1. The summed E-state index contributed by atoms with van der Waals surface area (Å²) in [5.41, 5.74) is 2.75. The highest BCUT2D eigenvalue weighted by atomic mass is 35.5. The molecule has 4 rings (SSSR count). The van der Waals surface area contributed by atoms with Crippen LogP contribution in [-0.2, 0) is 10.0 Å². The molecular weight excluding hydrogens is 538 g/mol. The van der Waals surface area contributed by atoms with Gasteiger partial charge in [0.2, 0.25) is 0 Å². The van der Waals surface area contributed by atoms with E-state index in [0.717, 1.165) is 5.82 Å². The van der Waals surface area contributed by atoms with Crippen molar-refractivity contribution in [2.45, 2.75) is 11.8 Å². The van der Waals surface area contributed by atoms with Crippen LogP contribution >= 0.6 is 11.6 Å². The predicted octanol–water partition coefficient (Wildman–Crippen LogP) is 5.14. The zero-order valence-corrected chi connectivity index (χ0v) is 23.8. The summed E-state index contributed by atoms with van der Waals surface area (Å²) in [4.78, 5) is 11.2. The lowest BCUT2D eigenvalue weighted by Gasteiger charge is -2.20. The second kappa shape index (κ2) is 11.7. The van der Waals surface area contributed by atoms with Gasteiger partial charge in [-0.2, -0.15) is 0 Å². The van der Waals surface area contributed by atoms with Gasteiger partial charge in [0.25, 0.3) is 10.0 Å². The summed E-state index contributed by atoms with van der Waals surface area (Å²) in [6, 6.07) is 17.4. The van der Waals surface area contributed by atoms with Crippen LogP contribution in [-0.4, -0.2) is 51.5 Å². The van der Waals surface area contributed by atoms with Crippen LogP contribution in [0.1, 0.15) is 5.56 Å². The molecule has 0 aliphatic heterocycles. The molecule has 0 aliphatic carbocycles. The van der Waals surface area contributed by atoms with Crippen molar-refractivity contribution in [3.8, 4) is 5.75 Å². The van der Waals surface area contributed by atoms with E-state index in [4.69, 9.17) is 16.3 Å². The van der Waals surface area contributed by atoms with E-state index in [0.29, 0.717) is 38.7 Å². The molecule has 12 heteroatoms. The van der Waals surface area contributed by atoms with Crippen molar-refractivity contribution >= 4 is 55.7 Å². The molecule has 39 heavy (non-hydrogen) atoms. The quantitative estimate of drug-likeness (QED) is 0.206. The van der Waals surface area contributed by atoms with Gasteiger partial charge >= 0.3 is 0 Å². The lowest BCUT2D eigenvalue weighted by molar-refractivity contribution is 0.415. The van der Waals surface area contributed by atoms with Gasteiger partial charge in [0.1, 0.15) is 11.6 Å². The van der Waals surface area contributed by atoms with Crippen LogP contribution < -0.4 is 25.4 Å². The number of aryl methyl sites for hydroxylation is 1. The van der Waals surface area contributed by atoms with E-state index in [9.17, 15) is 8.42 Å². The topological polar surface area (TPSA) is 121 Å². The number of fused-ring (bicyclic) bond motifs is 1. The van der Waals surface area contributed by atoms with E-state index in [1.807, 2.05) is 37.2 Å². The molecule has 4 N–H and O–H groups in total. The molecule has 0 radical (unpaired) electrons. The van der Waals surface area contributed by atoms with Crippen LogP contribution in [0.5, 0.6) is 5.75 Å². The summed E-state index contributed by atoms with van der Waals surface area (Å²) >= 11 is 6.40. The molecule has 4 aromatic rings. The average molecular weight is 568 g/mol. The van der Waals surface area contributed by atoms with Crippen molar-refractivity contribution in [3.63, 3.8) is 0 Å². The molecule has 0 amide bonds. The molecular formula is C27H30ClN7O3S. The SMILES string of the molecule is CNC=C(Nc1ccc(C)c(S(=O)(=O)Nc2nc3ccccc3nc2Nc2cc(OC)ccc2Cl)c1)N(C)C. The third-order valence-corrected chi connectivity index (χ3v) is 7.55. The third-order valence-electron chi connectivity index (χ3n) is 5.74. The normalized spacial score (nSPS) is 11.7. The maximum Gasteiger partial charge on any atom is 0.263 e. The van der Waals surface area contributed by atoms with Crippen molar-refractivity contribution < 1.29 is 13.2 Å². The van der Waals surface area contributed by atoms with Crippen LogP contribution in [0.25, 0.3) is 11.0 Å². The minimum atomic E-state index is -4.08. The Labute approximate surface area is 233 Å². The Balaban J connectivity index is 1.75. The van der Waals surface area contributed by atoms with Crippen LogP contribution in [0, 0.1) is 6.92 Å². The molecule has 0 atom stereocenters. The molecule has 0 unspecified atom stereocenters. The van der Waals surface area contributed by atoms with Crippen molar-refractivity contribution in [1.29, 1.82) is 0 Å². The van der Waals surface area contributed by atoms with Gasteiger partial charge < -0.3 is 25.6 Å². The second-order valence-electron chi connectivity index (χ2n) is 8.80. The Morgan fingerprint density at radius 2 is 1.69 bits per heavy atom. The minimum absolute atomic E-state index is 0.0226. The number of sulfonamides is 1. The number of para-hydroxylation sites is 2. The van der Waals surface area contributed by atoms with E-state index in [1.165, 1.54) is 0 Å². The number of benzene rings is 3. The van der Waals surface area contributed by atoms with Crippen molar-refractivity contribution in [2.24, 2.45) is 0 Å². The molecule has 1 aromatic heterocycles. The van der Waals surface area contributed by atoms with Gasteiger partial charge in [-0.25, -0.2) is 18.4 Å². The van der Waals surface area contributed by atoms with Crippen LogP contribution in [0.2, 0.25) is 5.02 Å². The Hall–Kier alpha value is -4.22. The molecule has 0 saturated carbocycles. The zero-order valence-electron chi connectivity index (χ0n) is 22.2. The first-order valence-corrected chi connectivity index (χ1v) is 13.8. The summed E-state index contributed by atoms with van der Waals surface area (Å²) in [6.45, 7) is 1.73. The van der Waals surface area contributed by atoms with Gasteiger partial charge in [-0.15, -0.1) is 0 Å². The number of anilines is 4. The molecule has 0 spiro atoms. The minimum Gasteiger partial charge on any atom is -0.497 e. The number of methoxy groups -OCH3 is 1. The van der Waals surface area contributed by atoms with Gasteiger partial charge in [-0.1, -0.05) is 29.8 Å². The number of rotatable bonds is 10. The lowest BCUT2D eigenvalue weighted by Crippen LogP contribution is -2.21. The van der Waals surface area contributed by atoms with E-state index < -0.39 is 10.0 Å². The van der Waals surface area contributed by atoms with Gasteiger partial charge in [0.05, 0.1) is 33.7 Å². The Bertz CT molecular complexity index is 1640. The average Bonchev–Trinajstić information content (AvgIpc) is 2.90. The fourth-order valence-electron chi connectivity index (χ4n) is 3.72. The summed E-state index contributed by atoms with van der Waals surface area (Å²) in [7, 11) is 3.01. The van der Waals surface area contributed by atoms with E-state index >= 15 is 0 Å². The van der Waals surface area contributed by atoms with Gasteiger partial charge in [0.15, 0.2) is 11.6 Å². The van der Waals surface area contributed by atoms with Crippen LogP contribution in [0.4, 0.5) is 23.0 Å². The van der Waals surface area contributed by atoms with Crippen LogP contribution in [0.3, 0.4) is 0 Å². The Morgan fingerprint density at radius 3 is 2.33 bits per heavy atom. The predicted molar refractivity (Wildman–Crippen MR) is 157 cm³/mol. The summed E-state index contributed by atoms with van der Waals surface area (Å²) < 4.78 is 35.4. The third kappa shape index (κ3) is 6.44. The number of hydrogen-bond donors (Lipinski definition) is 4. The highest BCUT2D eigenvalue weighted by Crippen LogP contribution is 2.33. The zero-order chi connectivity index (χ0) is 28.2. The van der Waals surface area contributed by atoms with E-state index in [1.54, 1.807) is 69.7 Å². The van der Waals surface area contributed by atoms with E-state index in [2.05, 4.69) is 30.6 Å². The highest BCUT2D eigenvalue weighted by Gasteiger charge is 2.22. The Morgan fingerprint density at radius 1 is 1.00 bits per heavy atom. The number of aromatic nitrogens is 2.